The highest BCUT2D eigenvalue weighted by atomic mass is 32.2. The van der Waals surface area contributed by atoms with E-state index in [2.05, 4.69) is 5.32 Å². The Morgan fingerprint density at radius 3 is 2.56 bits per heavy atom. The third-order valence-electron chi connectivity index (χ3n) is 3.09. The van der Waals surface area contributed by atoms with E-state index in [4.69, 9.17) is 5.73 Å². The van der Waals surface area contributed by atoms with E-state index in [1.54, 1.807) is 25.1 Å². The molecule has 1 saturated carbocycles. The van der Waals surface area contributed by atoms with Gasteiger partial charge < -0.3 is 11.1 Å². The Labute approximate surface area is 106 Å². The second kappa shape index (κ2) is 4.37. The van der Waals surface area contributed by atoms with Crippen LogP contribution in [0.5, 0.6) is 0 Å². The number of anilines is 1. The molecule has 1 fully saturated rings. The molecule has 6 heteroatoms. The minimum atomic E-state index is -3.36. The van der Waals surface area contributed by atoms with Crippen LogP contribution in [0.2, 0.25) is 0 Å². The molecule has 1 aromatic carbocycles. The number of carbonyl (C=O) groups excluding carboxylic acids is 1. The first-order valence-electron chi connectivity index (χ1n) is 5.81. The maximum atomic E-state index is 11.9. The molecule has 1 aliphatic carbocycles. The number of hydrogen-bond acceptors (Lipinski definition) is 4. The highest BCUT2D eigenvalue weighted by Crippen LogP contribution is 2.34. The van der Waals surface area contributed by atoms with Crippen LogP contribution in [0.4, 0.5) is 5.69 Å². The Balaban J connectivity index is 2.31. The molecule has 3 N–H and O–H groups in total. The number of sulfone groups is 1. The van der Waals surface area contributed by atoms with E-state index < -0.39 is 15.4 Å². The first kappa shape index (κ1) is 13.0. The molecule has 0 unspecified atom stereocenters. The predicted molar refractivity (Wildman–Crippen MR) is 69.0 cm³/mol. The molecule has 0 aliphatic heterocycles. The molecule has 0 atom stereocenters. The number of rotatable bonds is 4. The average molecular weight is 268 g/mol. The maximum absolute atomic E-state index is 11.9. The molecule has 1 amide bonds. The Bertz CT molecular complexity index is 577. The van der Waals surface area contributed by atoms with E-state index in [1.165, 1.54) is 6.07 Å². The third kappa shape index (κ3) is 2.39. The Kier molecular flexibility index (Phi) is 3.16. The zero-order chi connectivity index (χ0) is 13.4. The van der Waals surface area contributed by atoms with E-state index in [9.17, 15) is 13.2 Å². The van der Waals surface area contributed by atoms with Gasteiger partial charge in [-0.25, -0.2) is 8.42 Å². The maximum Gasteiger partial charge on any atom is 0.244 e. The monoisotopic (exact) mass is 268 g/mol. The van der Waals surface area contributed by atoms with Gasteiger partial charge in [-0.3, -0.25) is 4.79 Å². The summed E-state index contributed by atoms with van der Waals surface area (Å²) in [6.07, 6.45) is 1.28. The first-order chi connectivity index (χ1) is 8.39. The van der Waals surface area contributed by atoms with Gasteiger partial charge in [0.2, 0.25) is 5.91 Å². The van der Waals surface area contributed by atoms with Crippen molar-refractivity contribution in [1.82, 2.24) is 0 Å². The normalized spacial score (nSPS) is 17.2. The zero-order valence-electron chi connectivity index (χ0n) is 10.1. The second-order valence-electron chi connectivity index (χ2n) is 4.51. The van der Waals surface area contributed by atoms with Gasteiger partial charge in [0.25, 0.3) is 0 Å². The third-order valence-corrected chi connectivity index (χ3v) is 4.88. The van der Waals surface area contributed by atoms with Crippen LogP contribution in [0, 0.1) is 0 Å². The summed E-state index contributed by atoms with van der Waals surface area (Å²) in [4.78, 5) is 12.0. The topological polar surface area (TPSA) is 89.3 Å². The molecule has 98 valence electrons. The van der Waals surface area contributed by atoms with Crippen molar-refractivity contribution in [3.8, 4) is 0 Å². The van der Waals surface area contributed by atoms with Crippen molar-refractivity contribution in [2.24, 2.45) is 5.73 Å². The Hall–Kier alpha value is -1.40. The van der Waals surface area contributed by atoms with Crippen LogP contribution in [-0.4, -0.2) is 25.6 Å². The van der Waals surface area contributed by atoms with Crippen molar-refractivity contribution in [3.05, 3.63) is 24.3 Å². The van der Waals surface area contributed by atoms with E-state index in [1.807, 2.05) is 0 Å². The van der Waals surface area contributed by atoms with Crippen LogP contribution < -0.4 is 11.1 Å². The van der Waals surface area contributed by atoms with Gasteiger partial charge in [0, 0.05) is 0 Å². The molecule has 18 heavy (non-hydrogen) atoms. The van der Waals surface area contributed by atoms with Gasteiger partial charge in [0.15, 0.2) is 9.84 Å². The van der Waals surface area contributed by atoms with Gasteiger partial charge in [-0.1, -0.05) is 19.1 Å². The summed E-state index contributed by atoms with van der Waals surface area (Å²) >= 11 is 0. The van der Waals surface area contributed by atoms with Gasteiger partial charge in [0.05, 0.1) is 21.9 Å². The van der Waals surface area contributed by atoms with Gasteiger partial charge in [0.1, 0.15) is 0 Å². The smallest absolute Gasteiger partial charge is 0.244 e. The zero-order valence-corrected chi connectivity index (χ0v) is 11.0. The molecular formula is C12H16N2O3S. The molecule has 5 nitrogen and oxygen atoms in total. The van der Waals surface area contributed by atoms with Crippen LogP contribution >= 0.6 is 0 Å². The molecule has 0 aromatic heterocycles. The number of benzene rings is 1. The number of para-hydroxylation sites is 1. The first-order valence-corrected chi connectivity index (χ1v) is 7.46. The quantitative estimate of drug-likeness (QED) is 0.849. The number of nitrogens with one attached hydrogen (secondary N) is 1. The molecule has 2 rings (SSSR count). The van der Waals surface area contributed by atoms with E-state index >= 15 is 0 Å². The lowest BCUT2D eigenvalue weighted by Gasteiger charge is -2.13. The number of hydrogen-bond donors (Lipinski definition) is 2. The number of amides is 1. The standard InChI is InChI=1S/C12H16N2O3S/c1-2-18(16,17)10-6-4-3-5-9(10)14-11(15)12(13)7-8-12/h3-6H,2,7-8,13H2,1H3,(H,14,15). The molecule has 0 bridgehead atoms. The average Bonchev–Trinajstić information content (AvgIpc) is 3.09. The van der Waals surface area contributed by atoms with Crippen LogP contribution in [0.25, 0.3) is 0 Å². The van der Waals surface area contributed by atoms with Crippen LogP contribution in [0.1, 0.15) is 19.8 Å². The van der Waals surface area contributed by atoms with Gasteiger partial charge in [-0.15, -0.1) is 0 Å². The second-order valence-corrected chi connectivity index (χ2v) is 6.76. The fraction of sp³-hybridized carbons (Fsp3) is 0.417. The fourth-order valence-electron chi connectivity index (χ4n) is 1.61. The Morgan fingerprint density at radius 1 is 1.39 bits per heavy atom. The van der Waals surface area contributed by atoms with Crippen molar-refractivity contribution in [2.45, 2.75) is 30.2 Å². The van der Waals surface area contributed by atoms with E-state index in [0.29, 0.717) is 18.5 Å². The molecular weight excluding hydrogens is 252 g/mol. The molecule has 1 aromatic rings. The molecule has 1 aliphatic rings. The lowest BCUT2D eigenvalue weighted by atomic mass is 10.2. The molecule has 0 spiro atoms. The summed E-state index contributed by atoms with van der Waals surface area (Å²) < 4.78 is 23.8. The minimum Gasteiger partial charge on any atom is -0.323 e. The van der Waals surface area contributed by atoms with Crippen LogP contribution in [0.15, 0.2) is 29.2 Å². The number of carbonyl (C=O) groups is 1. The largest absolute Gasteiger partial charge is 0.323 e. The lowest BCUT2D eigenvalue weighted by molar-refractivity contribution is -0.118. The highest BCUT2D eigenvalue weighted by molar-refractivity contribution is 7.91. The molecule has 0 saturated heterocycles. The molecule has 0 heterocycles. The van der Waals surface area contributed by atoms with Gasteiger partial charge in [-0.05, 0) is 25.0 Å². The Morgan fingerprint density at radius 2 is 2.00 bits per heavy atom. The fourth-order valence-corrected chi connectivity index (χ4v) is 2.66. The highest BCUT2D eigenvalue weighted by Gasteiger charge is 2.46. The lowest BCUT2D eigenvalue weighted by Crippen LogP contribution is -2.38. The summed E-state index contributed by atoms with van der Waals surface area (Å²) in [5.74, 6) is -0.325. The van der Waals surface area contributed by atoms with Crippen LogP contribution in [0.3, 0.4) is 0 Å². The van der Waals surface area contributed by atoms with Crippen molar-refractivity contribution in [1.29, 1.82) is 0 Å². The minimum absolute atomic E-state index is 0.00630. The number of nitrogens with two attached hydrogens (primary N) is 1. The SMILES string of the molecule is CCS(=O)(=O)c1ccccc1NC(=O)C1(N)CC1. The predicted octanol–water partition coefficient (Wildman–Crippen LogP) is 0.910. The van der Waals surface area contributed by atoms with E-state index in [-0.39, 0.29) is 16.6 Å². The van der Waals surface area contributed by atoms with Crippen LogP contribution in [-0.2, 0) is 14.6 Å². The van der Waals surface area contributed by atoms with Gasteiger partial charge >= 0.3 is 0 Å². The van der Waals surface area contributed by atoms with Crippen molar-refractivity contribution < 1.29 is 13.2 Å². The van der Waals surface area contributed by atoms with Crippen molar-refractivity contribution in [2.75, 3.05) is 11.1 Å². The summed E-state index contributed by atoms with van der Waals surface area (Å²) in [6.45, 7) is 1.57. The van der Waals surface area contributed by atoms with Crippen molar-refractivity contribution >= 4 is 21.4 Å². The molecule has 0 radical (unpaired) electrons. The van der Waals surface area contributed by atoms with Gasteiger partial charge in [-0.2, -0.15) is 0 Å². The summed E-state index contributed by atoms with van der Waals surface area (Å²) in [6, 6.07) is 6.38. The van der Waals surface area contributed by atoms with E-state index in [0.717, 1.165) is 0 Å². The summed E-state index contributed by atoms with van der Waals surface area (Å²) in [5, 5.41) is 2.61. The summed E-state index contributed by atoms with van der Waals surface area (Å²) in [7, 11) is -3.36. The van der Waals surface area contributed by atoms with Crippen molar-refractivity contribution in [3.63, 3.8) is 0 Å². The summed E-state index contributed by atoms with van der Waals surface area (Å²) in [5.41, 5.74) is 5.26.